The van der Waals surface area contributed by atoms with Gasteiger partial charge >= 0.3 is 0 Å². The molecule has 0 saturated heterocycles. The monoisotopic (exact) mass is 390 g/mol. The number of nitrogens with one attached hydrogen (secondary N) is 1. The summed E-state index contributed by atoms with van der Waals surface area (Å²) in [6.07, 6.45) is 7.07. The van der Waals surface area contributed by atoms with Gasteiger partial charge in [-0.05, 0) is 32.4 Å². The number of H-pyrrole nitrogens is 1. The van der Waals surface area contributed by atoms with Gasteiger partial charge in [-0.3, -0.25) is 14.9 Å². The number of pyridine rings is 1. The summed E-state index contributed by atoms with van der Waals surface area (Å²) >= 11 is 0. The van der Waals surface area contributed by atoms with Crippen LogP contribution in [0.2, 0.25) is 0 Å². The number of hydrogen-bond donors (Lipinski definition) is 1. The lowest BCUT2D eigenvalue weighted by Gasteiger charge is -2.07. The van der Waals surface area contributed by atoms with Gasteiger partial charge in [0.25, 0.3) is 5.56 Å². The molecule has 0 aliphatic rings. The maximum atomic E-state index is 12.7. The molecule has 0 radical (unpaired) electrons. The Morgan fingerprint density at radius 3 is 2.76 bits per heavy atom. The van der Waals surface area contributed by atoms with Gasteiger partial charge in [-0.15, -0.1) is 0 Å². The van der Waals surface area contributed by atoms with Crippen molar-refractivity contribution in [3.8, 4) is 22.4 Å². The van der Waals surface area contributed by atoms with E-state index in [1.54, 1.807) is 24.7 Å². The lowest BCUT2D eigenvalue weighted by Crippen LogP contribution is -2.23. The summed E-state index contributed by atoms with van der Waals surface area (Å²) in [4.78, 5) is 17.1. The van der Waals surface area contributed by atoms with E-state index < -0.39 is 0 Å². The number of rotatable bonds is 6. The number of aromatic nitrogens is 6. The first-order valence-corrected chi connectivity index (χ1v) is 9.55. The van der Waals surface area contributed by atoms with E-state index >= 15 is 0 Å². The summed E-state index contributed by atoms with van der Waals surface area (Å²) in [5, 5.41) is 15.7. The summed E-state index contributed by atoms with van der Waals surface area (Å²) in [5.74, 6) is 0.651. The van der Waals surface area contributed by atoms with Gasteiger partial charge in [-0.25, -0.2) is 4.68 Å². The zero-order chi connectivity index (χ0) is 20.4. The highest BCUT2D eigenvalue weighted by molar-refractivity contribution is 5.64. The van der Waals surface area contributed by atoms with E-state index in [-0.39, 0.29) is 12.1 Å². The normalized spacial score (nSPS) is 11.1. The molecule has 4 aromatic heterocycles. The molecule has 0 fully saturated rings. The molecule has 0 amide bonds. The molecular formula is C21H22N6O2. The van der Waals surface area contributed by atoms with E-state index in [1.165, 1.54) is 4.68 Å². The summed E-state index contributed by atoms with van der Waals surface area (Å²) in [6.45, 7) is 6.12. The largest absolute Gasteiger partial charge is 0.361 e. The van der Waals surface area contributed by atoms with E-state index in [1.807, 2.05) is 26.0 Å². The fourth-order valence-electron chi connectivity index (χ4n) is 3.26. The zero-order valence-electron chi connectivity index (χ0n) is 16.6. The third kappa shape index (κ3) is 3.73. The summed E-state index contributed by atoms with van der Waals surface area (Å²) in [7, 11) is 0. The van der Waals surface area contributed by atoms with Crippen LogP contribution in [0.4, 0.5) is 0 Å². The van der Waals surface area contributed by atoms with Gasteiger partial charge in [-0.1, -0.05) is 18.5 Å². The molecule has 0 saturated carbocycles. The highest BCUT2D eigenvalue weighted by Gasteiger charge is 2.17. The summed E-state index contributed by atoms with van der Waals surface area (Å²) in [5.41, 5.74) is 5.67. The maximum absolute atomic E-state index is 12.7. The van der Waals surface area contributed by atoms with E-state index in [9.17, 15) is 4.79 Å². The average molecular weight is 390 g/mol. The predicted octanol–water partition coefficient (Wildman–Crippen LogP) is 3.30. The Morgan fingerprint density at radius 2 is 2.03 bits per heavy atom. The van der Waals surface area contributed by atoms with E-state index in [0.29, 0.717) is 11.5 Å². The second kappa shape index (κ2) is 7.83. The van der Waals surface area contributed by atoms with Gasteiger partial charge in [0.05, 0.1) is 18.4 Å². The zero-order valence-corrected chi connectivity index (χ0v) is 16.6. The van der Waals surface area contributed by atoms with Crippen molar-refractivity contribution in [3.05, 3.63) is 69.9 Å². The van der Waals surface area contributed by atoms with Gasteiger partial charge in [-0.2, -0.15) is 10.2 Å². The Balaban J connectivity index is 1.66. The standard InChI is InChI=1S/C21H22N6O2/c1-4-5-19-17(11-23-25-19)16-8-20(28)27(24-10-16)12-18-14(3)29-26-21(18)15-7-6-13(2)22-9-15/h6-11H,4-5,12H2,1-3H3,(H,23,25). The van der Waals surface area contributed by atoms with Gasteiger partial charge in [0.1, 0.15) is 11.5 Å². The molecule has 4 rings (SSSR count). The fourth-order valence-corrected chi connectivity index (χ4v) is 3.26. The van der Waals surface area contributed by atoms with Crippen LogP contribution in [-0.2, 0) is 13.0 Å². The molecule has 4 aromatic rings. The van der Waals surface area contributed by atoms with Crippen LogP contribution in [0.3, 0.4) is 0 Å². The molecule has 0 aromatic carbocycles. The Morgan fingerprint density at radius 1 is 1.17 bits per heavy atom. The highest BCUT2D eigenvalue weighted by atomic mass is 16.5. The lowest BCUT2D eigenvalue weighted by atomic mass is 10.1. The van der Waals surface area contributed by atoms with Gasteiger partial charge < -0.3 is 4.52 Å². The molecule has 29 heavy (non-hydrogen) atoms. The Kier molecular flexibility index (Phi) is 5.07. The second-order valence-electron chi connectivity index (χ2n) is 6.99. The molecular weight excluding hydrogens is 368 g/mol. The first kappa shape index (κ1) is 18.8. The molecule has 0 bridgehead atoms. The molecule has 0 aliphatic heterocycles. The molecule has 4 heterocycles. The molecule has 8 nitrogen and oxygen atoms in total. The van der Waals surface area contributed by atoms with Crippen LogP contribution >= 0.6 is 0 Å². The second-order valence-corrected chi connectivity index (χ2v) is 6.99. The third-order valence-corrected chi connectivity index (χ3v) is 4.86. The predicted molar refractivity (Wildman–Crippen MR) is 108 cm³/mol. The number of nitrogens with zero attached hydrogens (tertiary/aromatic N) is 5. The smallest absolute Gasteiger partial charge is 0.267 e. The minimum atomic E-state index is -0.195. The Labute approximate surface area is 167 Å². The van der Waals surface area contributed by atoms with Crippen LogP contribution < -0.4 is 5.56 Å². The highest BCUT2D eigenvalue weighted by Crippen LogP contribution is 2.25. The van der Waals surface area contributed by atoms with E-state index in [0.717, 1.165) is 46.5 Å². The molecule has 8 heteroatoms. The quantitative estimate of drug-likeness (QED) is 0.542. The van der Waals surface area contributed by atoms with E-state index in [2.05, 4.69) is 32.4 Å². The SMILES string of the molecule is CCCc1n[nH]cc1-c1cnn(Cc2c(-c3ccc(C)nc3)noc2C)c(=O)c1. The molecule has 0 spiro atoms. The molecule has 0 aliphatic carbocycles. The fraction of sp³-hybridized carbons (Fsp3) is 0.286. The Bertz CT molecular complexity index is 1190. The van der Waals surface area contributed by atoms with Crippen molar-refractivity contribution in [2.45, 2.75) is 40.2 Å². The van der Waals surface area contributed by atoms with Gasteiger partial charge in [0.15, 0.2) is 0 Å². The van der Waals surface area contributed by atoms with Crippen LogP contribution in [0.5, 0.6) is 0 Å². The Hall–Kier alpha value is -3.55. The van der Waals surface area contributed by atoms with Crippen molar-refractivity contribution in [1.29, 1.82) is 0 Å². The van der Waals surface area contributed by atoms with Crippen molar-refractivity contribution < 1.29 is 4.52 Å². The van der Waals surface area contributed by atoms with Crippen molar-refractivity contribution in [3.63, 3.8) is 0 Å². The maximum Gasteiger partial charge on any atom is 0.267 e. The van der Waals surface area contributed by atoms with Crippen molar-refractivity contribution in [2.24, 2.45) is 0 Å². The number of aryl methyl sites for hydroxylation is 3. The third-order valence-electron chi connectivity index (χ3n) is 4.86. The van der Waals surface area contributed by atoms with Gasteiger partial charge in [0.2, 0.25) is 0 Å². The molecule has 148 valence electrons. The number of aromatic amines is 1. The van der Waals surface area contributed by atoms with Crippen molar-refractivity contribution in [2.75, 3.05) is 0 Å². The minimum Gasteiger partial charge on any atom is -0.361 e. The van der Waals surface area contributed by atoms with Crippen LogP contribution in [0.1, 0.15) is 36.1 Å². The molecule has 1 N–H and O–H groups in total. The summed E-state index contributed by atoms with van der Waals surface area (Å²) in [6, 6.07) is 5.45. The van der Waals surface area contributed by atoms with Crippen LogP contribution in [0, 0.1) is 13.8 Å². The minimum absolute atomic E-state index is 0.195. The van der Waals surface area contributed by atoms with Crippen molar-refractivity contribution in [1.82, 2.24) is 30.1 Å². The van der Waals surface area contributed by atoms with Gasteiger partial charge in [0, 0.05) is 46.4 Å². The summed E-state index contributed by atoms with van der Waals surface area (Å²) < 4.78 is 6.79. The molecule has 0 atom stereocenters. The number of hydrogen-bond acceptors (Lipinski definition) is 6. The lowest BCUT2D eigenvalue weighted by molar-refractivity contribution is 0.397. The molecule has 0 unspecified atom stereocenters. The van der Waals surface area contributed by atoms with Crippen LogP contribution in [0.15, 0.2) is 46.1 Å². The average Bonchev–Trinajstić information content (AvgIpc) is 3.32. The topological polar surface area (TPSA) is 102 Å². The first-order chi connectivity index (χ1) is 14.1. The van der Waals surface area contributed by atoms with Crippen LogP contribution in [0.25, 0.3) is 22.4 Å². The van der Waals surface area contributed by atoms with Crippen molar-refractivity contribution >= 4 is 0 Å². The van der Waals surface area contributed by atoms with E-state index in [4.69, 9.17) is 4.52 Å². The van der Waals surface area contributed by atoms with Crippen LogP contribution in [-0.4, -0.2) is 30.1 Å². The first-order valence-electron chi connectivity index (χ1n) is 9.55.